The molecule has 132 valence electrons. The minimum absolute atomic E-state index is 0.0902. The summed E-state index contributed by atoms with van der Waals surface area (Å²) in [6.45, 7) is 2.66. The number of piperidine rings is 1. The van der Waals surface area contributed by atoms with Gasteiger partial charge in [-0.2, -0.15) is 5.10 Å². The first kappa shape index (κ1) is 17.1. The third-order valence-corrected chi connectivity index (χ3v) is 4.64. The summed E-state index contributed by atoms with van der Waals surface area (Å²) in [6, 6.07) is 7.37. The minimum atomic E-state index is -0.629. The largest absolute Gasteiger partial charge is 0.338 e. The first-order valence-electron chi connectivity index (χ1n) is 8.35. The first-order chi connectivity index (χ1) is 12.0. The van der Waals surface area contributed by atoms with Crippen LogP contribution < -0.4 is 5.32 Å². The summed E-state index contributed by atoms with van der Waals surface area (Å²) in [6.07, 6.45) is 2.42. The highest BCUT2D eigenvalue weighted by Crippen LogP contribution is 2.37. The summed E-state index contributed by atoms with van der Waals surface area (Å²) in [7, 11) is 1.62. The summed E-state index contributed by atoms with van der Waals surface area (Å²) in [4.78, 5) is 26.4. The summed E-state index contributed by atoms with van der Waals surface area (Å²) < 4.78 is 16.0. The molecule has 2 heterocycles. The van der Waals surface area contributed by atoms with E-state index in [4.69, 9.17) is 0 Å². The van der Waals surface area contributed by atoms with Gasteiger partial charge in [-0.1, -0.05) is 18.2 Å². The molecule has 0 spiro atoms. The predicted molar refractivity (Wildman–Crippen MR) is 91.2 cm³/mol. The Hall–Kier alpha value is -2.70. The predicted octanol–water partition coefficient (Wildman–Crippen LogP) is 2.59. The second-order valence-corrected chi connectivity index (χ2v) is 6.16. The van der Waals surface area contributed by atoms with Gasteiger partial charge in [-0.3, -0.25) is 14.3 Å². The molecule has 0 saturated carbocycles. The van der Waals surface area contributed by atoms with Crippen LogP contribution in [0.1, 0.15) is 31.4 Å². The van der Waals surface area contributed by atoms with Crippen molar-refractivity contribution < 1.29 is 14.0 Å². The number of nitrogens with one attached hydrogen (secondary N) is 1. The van der Waals surface area contributed by atoms with Crippen molar-refractivity contribution >= 4 is 17.6 Å². The Morgan fingerprint density at radius 1 is 1.36 bits per heavy atom. The van der Waals surface area contributed by atoms with Crippen molar-refractivity contribution in [3.63, 3.8) is 0 Å². The fourth-order valence-corrected chi connectivity index (χ4v) is 3.28. The zero-order valence-corrected chi connectivity index (χ0v) is 14.3. The van der Waals surface area contributed by atoms with Gasteiger partial charge in [0, 0.05) is 37.8 Å². The molecule has 25 heavy (non-hydrogen) atoms. The van der Waals surface area contributed by atoms with Crippen molar-refractivity contribution in [3.8, 4) is 0 Å². The third-order valence-electron chi connectivity index (χ3n) is 4.64. The van der Waals surface area contributed by atoms with Gasteiger partial charge < -0.3 is 10.2 Å². The fraction of sp³-hybridized carbons (Fsp3) is 0.389. The zero-order chi connectivity index (χ0) is 18.0. The molecular weight excluding hydrogens is 323 g/mol. The molecule has 1 fully saturated rings. The number of nitrogens with zero attached hydrogens (tertiary/aromatic N) is 3. The average Bonchev–Trinajstić information content (AvgIpc) is 3.05. The van der Waals surface area contributed by atoms with E-state index in [2.05, 4.69) is 10.4 Å². The number of halogens is 1. The monoisotopic (exact) mass is 344 g/mol. The van der Waals surface area contributed by atoms with E-state index < -0.39 is 17.8 Å². The molecule has 0 bridgehead atoms. The topological polar surface area (TPSA) is 67.2 Å². The van der Waals surface area contributed by atoms with Crippen LogP contribution >= 0.6 is 0 Å². The Morgan fingerprint density at radius 2 is 2.12 bits per heavy atom. The molecule has 1 aromatic carbocycles. The van der Waals surface area contributed by atoms with Gasteiger partial charge >= 0.3 is 0 Å². The van der Waals surface area contributed by atoms with E-state index in [0.29, 0.717) is 24.3 Å². The molecule has 1 aromatic heterocycles. The van der Waals surface area contributed by atoms with E-state index in [0.717, 1.165) is 0 Å². The maximum Gasteiger partial charge on any atom is 0.231 e. The van der Waals surface area contributed by atoms with Crippen molar-refractivity contribution in [2.45, 2.75) is 32.4 Å². The number of benzene rings is 1. The second kappa shape index (κ2) is 7.04. The van der Waals surface area contributed by atoms with Gasteiger partial charge in [-0.25, -0.2) is 4.39 Å². The second-order valence-electron chi connectivity index (χ2n) is 6.16. The first-order valence-corrected chi connectivity index (χ1v) is 8.35. The SMILES string of the molecule is CCn1ccc(NC(=O)C2CCC(=O)N(C)C2c2ccccc2F)n1. The standard InChI is InChI=1S/C18H21FN4O2/c1-3-23-11-10-15(21-23)20-18(25)13-8-9-16(24)22(2)17(13)12-6-4-5-7-14(12)19/h4-7,10-11,13,17H,3,8-9H2,1-2H3,(H,20,21,25). The number of amides is 2. The van der Waals surface area contributed by atoms with Gasteiger partial charge in [0.1, 0.15) is 5.82 Å². The van der Waals surface area contributed by atoms with E-state index >= 15 is 0 Å². The molecule has 1 saturated heterocycles. The van der Waals surface area contributed by atoms with Crippen molar-refractivity contribution in [2.24, 2.45) is 5.92 Å². The summed E-state index contributed by atoms with van der Waals surface area (Å²) in [5.41, 5.74) is 0.359. The number of carbonyl (C=O) groups excluding carboxylic acids is 2. The van der Waals surface area contributed by atoms with Crippen molar-refractivity contribution in [3.05, 3.63) is 47.9 Å². The van der Waals surface area contributed by atoms with Crippen LogP contribution in [0.5, 0.6) is 0 Å². The molecule has 0 aliphatic carbocycles. The number of aromatic nitrogens is 2. The van der Waals surface area contributed by atoms with Crippen LogP contribution in [0.2, 0.25) is 0 Å². The molecule has 7 heteroatoms. The van der Waals surface area contributed by atoms with E-state index in [9.17, 15) is 14.0 Å². The van der Waals surface area contributed by atoms with E-state index in [1.807, 2.05) is 6.92 Å². The third kappa shape index (κ3) is 3.40. The highest BCUT2D eigenvalue weighted by Gasteiger charge is 2.40. The Morgan fingerprint density at radius 3 is 2.80 bits per heavy atom. The van der Waals surface area contributed by atoms with Crippen LogP contribution in [0, 0.1) is 11.7 Å². The van der Waals surface area contributed by atoms with Crippen molar-refractivity contribution in [1.29, 1.82) is 0 Å². The van der Waals surface area contributed by atoms with Crippen LogP contribution in [0.4, 0.5) is 10.2 Å². The van der Waals surface area contributed by atoms with Crippen LogP contribution in [0.25, 0.3) is 0 Å². The molecule has 1 aliphatic heterocycles. The number of hydrogen-bond donors (Lipinski definition) is 1. The highest BCUT2D eigenvalue weighted by molar-refractivity contribution is 5.94. The molecule has 1 aliphatic rings. The lowest BCUT2D eigenvalue weighted by molar-refractivity contribution is -0.140. The van der Waals surface area contributed by atoms with E-state index in [-0.39, 0.29) is 18.2 Å². The summed E-state index contributed by atoms with van der Waals surface area (Å²) in [5.74, 6) is -0.839. The van der Waals surface area contributed by atoms with Gasteiger partial charge in [0.2, 0.25) is 11.8 Å². The molecule has 2 unspecified atom stereocenters. The average molecular weight is 344 g/mol. The lowest BCUT2D eigenvalue weighted by atomic mass is 9.83. The summed E-state index contributed by atoms with van der Waals surface area (Å²) >= 11 is 0. The highest BCUT2D eigenvalue weighted by atomic mass is 19.1. The normalized spacial score (nSPS) is 20.6. The van der Waals surface area contributed by atoms with Crippen molar-refractivity contribution in [2.75, 3.05) is 12.4 Å². The molecular formula is C18H21FN4O2. The van der Waals surface area contributed by atoms with Crippen LogP contribution in [-0.2, 0) is 16.1 Å². The number of rotatable bonds is 4. The molecule has 0 radical (unpaired) electrons. The number of carbonyl (C=O) groups is 2. The van der Waals surface area contributed by atoms with Gasteiger partial charge in [0.05, 0.1) is 12.0 Å². The molecule has 2 amide bonds. The molecule has 2 atom stereocenters. The van der Waals surface area contributed by atoms with Gasteiger partial charge in [0.15, 0.2) is 5.82 Å². The number of aryl methyl sites for hydroxylation is 1. The van der Waals surface area contributed by atoms with Gasteiger partial charge in [-0.05, 0) is 19.4 Å². The van der Waals surface area contributed by atoms with Crippen LogP contribution in [-0.4, -0.2) is 33.5 Å². The van der Waals surface area contributed by atoms with E-state index in [1.54, 1.807) is 42.2 Å². The molecule has 6 nitrogen and oxygen atoms in total. The van der Waals surface area contributed by atoms with E-state index in [1.165, 1.54) is 11.0 Å². The van der Waals surface area contributed by atoms with Gasteiger partial charge in [0.25, 0.3) is 0 Å². The van der Waals surface area contributed by atoms with Crippen LogP contribution in [0.3, 0.4) is 0 Å². The number of hydrogen-bond acceptors (Lipinski definition) is 3. The smallest absolute Gasteiger partial charge is 0.231 e. The lowest BCUT2D eigenvalue weighted by Crippen LogP contribution is -2.45. The van der Waals surface area contributed by atoms with Gasteiger partial charge in [-0.15, -0.1) is 0 Å². The molecule has 2 aromatic rings. The summed E-state index contributed by atoms with van der Waals surface area (Å²) in [5, 5.41) is 7.03. The zero-order valence-electron chi connectivity index (χ0n) is 14.3. The maximum atomic E-state index is 14.3. The fourth-order valence-electron chi connectivity index (χ4n) is 3.28. The Balaban J connectivity index is 1.87. The maximum absolute atomic E-state index is 14.3. The number of anilines is 1. The quantitative estimate of drug-likeness (QED) is 0.927. The Bertz CT molecular complexity index is 789. The Kier molecular flexibility index (Phi) is 4.83. The minimum Gasteiger partial charge on any atom is -0.338 e. The lowest BCUT2D eigenvalue weighted by Gasteiger charge is -2.38. The van der Waals surface area contributed by atoms with Crippen molar-refractivity contribution in [1.82, 2.24) is 14.7 Å². The Labute approximate surface area is 145 Å². The van der Waals surface area contributed by atoms with Crippen LogP contribution in [0.15, 0.2) is 36.5 Å². The molecule has 3 rings (SSSR count). The molecule has 1 N–H and O–H groups in total. The number of likely N-dealkylation sites (tertiary alicyclic amines) is 1.